The van der Waals surface area contributed by atoms with E-state index in [0.717, 1.165) is 0 Å². The molecule has 18 heavy (non-hydrogen) atoms. The van der Waals surface area contributed by atoms with Gasteiger partial charge in [-0.25, -0.2) is 4.79 Å². The Morgan fingerprint density at radius 2 is 2.11 bits per heavy atom. The minimum Gasteiger partial charge on any atom is -0.459 e. The average Bonchev–Trinajstić information content (AvgIpc) is 2.66. The van der Waals surface area contributed by atoms with Crippen LogP contribution in [-0.4, -0.2) is 47.2 Å². The Kier molecular flexibility index (Phi) is 3.65. The molecule has 1 aliphatic rings. The van der Waals surface area contributed by atoms with Gasteiger partial charge in [0.25, 0.3) is 0 Å². The van der Waals surface area contributed by atoms with Gasteiger partial charge in [-0.2, -0.15) is 0 Å². The van der Waals surface area contributed by atoms with E-state index in [4.69, 9.17) is 9.47 Å². The van der Waals surface area contributed by atoms with Crippen LogP contribution in [0.1, 0.15) is 17.3 Å². The van der Waals surface area contributed by atoms with E-state index < -0.39 is 23.8 Å². The first kappa shape index (κ1) is 13.0. The molecule has 2 N–H and O–H groups in total. The first-order valence-electron chi connectivity index (χ1n) is 5.75. The van der Waals surface area contributed by atoms with E-state index in [0.29, 0.717) is 5.56 Å². The van der Waals surface area contributed by atoms with Crippen LogP contribution in [0.2, 0.25) is 0 Å². The number of aliphatic hydroxyl groups is 2. The molecule has 1 saturated heterocycles. The van der Waals surface area contributed by atoms with Gasteiger partial charge < -0.3 is 19.7 Å². The standard InChI is InChI=1S/C13H16O5/c1-13(11(15)10(14)7-18-13)8-17-12(16)9-5-3-2-4-6-9/h2-6,10-11,14-15H,7-8H2,1H3/t10-,11-,13+/m0/s1. The van der Waals surface area contributed by atoms with Crippen molar-refractivity contribution in [3.8, 4) is 0 Å². The van der Waals surface area contributed by atoms with E-state index in [1.165, 1.54) is 0 Å². The van der Waals surface area contributed by atoms with Crippen molar-refractivity contribution < 1.29 is 24.5 Å². The minimum atomic E-state index is -1.05. The van der Waals surface area contributed by atoms with Crippen molar-refractivity contribution in [3.63, 3.8) is 0 Å². The van der Waals surface area contributed by atoms with Crippen LogP contribution in [0.25, 0.3) is 0 Å². The zero-order chi connectivity index (χ0) is 13.2. The third kappa shape index (κ3) is 2.53. The zero-order valence-electron chi connectivity index (χ0n) is 10.1. The van der Waals surface area contributed by atoms with Crippen molar-refractivity contribution in [1.82, 2.24) is 0 Å². The van der Waals surface area contributed by atoms with Crippen LogP contribution in [0.15, 0.2) is 30.3 Å². The summed E-state index contributed by atoms with van der Waals surface area (Å²) in [7, 11) is 0. The van der Waals surface area contributed by atoms with Gasteiger partial charge in [0, 0.05) is 0 Å². The van der Waals surface area contributed by atoms with Gasteiger partial charge in [0.05, 0.1) is 12.2 Å². The third-order valence-corrected chi connectivity index (χ3v) is 3.07. The van der Waals surface area contributed by atoms with Crippen LogP contribution < -0.4 is 0 Å². The van der Waals surface area contributed by atoms with Gasteiger partial charge in [-0.05, 0) is 19.1 Å². The van der Waals surface area contributed by atoms with Crippen LogP contribution in [-0.2, 0) is 9.47 Å². The summed E-state index contributed by atoms with van der Waals surface area (Å²) in [5.41, 5.74) is -0.613. The first-order valence-corrected chi connectivity index (χ1v) is 5.75. The molecule has 98 valence electrons. The molecule has 1 aliphatic heterocycles. The number of carbonyl (C=O) groups excluding carboxylic acids is 1. The average molecular weight is 252 g/mol. The predicted molar refractivity (Wildman–Crippen MR) is 63.1 cm³/mol. The molecule has 3 atom stereocenters. The molecular weight excluding hydrogens is 236 g/mol. The van der Waals surface area contributed by atoms with E-state index in [2.05, 4.69) is 0 Å². The maximum atomic E-state index is 11.7. The van der Waals surface area contributed by atoms with Crippen molar-refractivity contribution in [2.24, 2.45) is 0 Å². The molecule has 0 aromatic heterocycles. The number of benzene rings is 1. The highest BCUT2D eigenvalue weighted by atomic mass is 16.6. The highest BCUT2D eigenvalue weighted by Gasteiger charge is 2.46. The number of hydrogen-bond acceptors (Lipinski definition) is 5. The lowest BCUT2D eigenvalue weighted by molar-refractivity contribution is -0.0869. The molecule has 1 aromatic rings. The summed E-state index contributed by atoms with van der Waals surface area (Å²) in [6.45, 7) is 1.55. The fraction of sp³-hybridized carbons (Fsp3) is 0.462. The molecule has 0 saturated carbocycles. The highest BCUT2D eigenvalue weighted by Crippen LogP contribution is 2.26. The largest absolute Gasteiger partial charge is 0.459 e. The van der Waals surface area contributed by atoms with Crippen molar-refractivity contribution in [1.29, 1.82) is 0 Å². The smallest absolute Gasteiger partial charge is 0.338 e. The highest BCUT2D eigenvalue weighted by molar-refractivity contribution is 5.89. The molecule has 0 amide bonds. The topological polar surface area (TPSA) is 76.0 Å². The molecule has 0 bridgehead atoms. The maximum Gasteiger partial charge on any atom is 0.338 e. The van der Waals surface area contributed by atoms with Crippen molar-refractivity contribution in [3.05, 3.63) is 35.9 Å². The summed E-state index contributed by atoms with van der Waals surface area (Å²) in [5, 5.41) is 19.1. The first-order chi connectivity index (χ1) is 8.53. The number of rotatable bonds is 3. The molecule has 0 aliphatic carbocycles. The lowest BCUT2D eigenvalue weighted by Crippen LogP contribution is -2.44. The van der Waals surface area contributed by atoms with Crippen LogP contribution in [0.3, 0.4) is 0 Å². The van der Waals surface area contributed by atoms with Gasteiger partial charge in [-0.3, -0.25) is 0 Å². The van der Waals surface area contributed by atoms with Gasteiger partial charge in [-0.1, -0.05) is 18.2 Å². The van der Waals surface area contributed by atoms with Gasteiger partial charge in [0.1, 0.15) is 24.4 Å². The fourth-order valence-corrected chi connectivity index (χ4v) is 1.85. The van der Waals surface area contributed by atoms with Crippen molar-refractivity contribution >= 4 is 5.97 Å². The molecule has 0 spiro atoms. The molecule has 5 heteroatoms. The maximum absolute atomic E-state index is 11.7. The Balaban J connectivity index is 1.94. The van der Waals surface area contributed by atoms with Crippen LogP contribution >= 0.6 is 0 Å². The molecule has 5 nitrogen and oxygen atoms in total. The fourth-order valence-electron chi connectivity index (χ4n) is 1.85. The molecular formula is C13H16O5. The molecule has 1 heterocycles. The second kappa shape index (κ2) is 5.06. The molecule has 0 unspecified atom stereocenters. The Labute approximate surface area is 105 Å². The SMILES string of the molecule is C[C@]1(COC(=O)c2ccccc2)OC[C@H](O)[C@@H]1O. The number of ether oxygens (including phenoxy) is 2. The van der Waals surface area contributed by atoms with E-state index in [9.17, 15) is 15.0 Å². The van der Waals surface area contributed by atoms with Crippen LogP contribution in [0, 0.1) is 0 Å². The van der Waals surface area contributed by atoms with Crippen LogP contribution in [0.5, 0.6) is 0 Å². The molecule has 0 radical (unpaired) electrons. The summed E-state index contributed by atoms with van der Waals surface area (Å²) < 4.78 is 10.4. The van der Waals surface area contributed by atoms with Crippen LogP contribution in [0.4, 0.5) is 0 Å². The van der Waals surface area contributed by atoms with E-state index in [1.807, 2.05) is 0 Å². The Morgan fingerprint density at radius 3 is 2.67 bits per heavy atom. The lowest BCUT2D eigenvalue weighted by Gasteiger charge is -2.26. The number of hydrogen-bond donors (Lipinski definition) is 2. The van der Waals surface area contributed by atoms with E-state index in [1.54, 1.807) is 37.3 Å². The number of aliphatic hydroxyl groups excluding tert-OH is 2. The van der Waals surface area contributed by atoms with Gasteiger partial charge in [0.2, 0.25) is 0 Å². The second-order valence-corrected chi connectivity index (χ2v) is 4.58. The van der Waals surface area contributed by atoms with Gasteiger partial charge in [-0.15, -0.1) is 0 Å². The summed E-state index contributed by atoms with van der Waals surface area (Å²) in [5.74, 6) is -0.478. The third-order valence-electron chi connectivity index (χ3n) is 3.07. The normalized spacial score (nSPS) is 31.3. The van der Waals surface area contributed by atoms with E-state index in [-0.39, 0.29) is 13.2 Å². The monoisotopic (exact) mass is 252 g/mol. The number of carbonyl (C=O) groups is 1. The van der Waals surface area contributed by atoms with Crippen molar-refractivity contribution in [2.75, 3.05) is 13.2 Å². The summed E-state index contributed by atoms with van der Waals surface area (Å²) in [6, 6.07) is 8.57. The number of esters is 1. The van der Waals surface area contributed by atoms with Crippen molar-refractivity contribution in [2.45, 2.75) is 24.7 Å². The molecule has 1 aromatic carbocycles. The second-order valence-electron chi connectivity index (χ2n) is 4.58. The van der Waals surface area contributed by atoms with E-state index >= 15 is 0 Å². The zero-order valence-corrected chi connectivity index (χ0v) is 10.1. The Hall–Kier alpha value is -1.43. The summed E-state index contributed by atoms with van der Waals surface area (Å²) >= 11 is 0. The predicted octanol–water partition coefficient (Wildman–Crippen LogP) is 0.354. The summed E-state index contributed by atoms with van der Waals surface area (Å²) in [4.78, 5) is 11.7. The lowest BCUT2D eigenvalue weighted by atomic mass is 9.99. The minimum absolute atomic E-state index is 0.0422. The summed E-state index contributed by atoms with van der Waals surface area (Å²) in [6.07, 6.45) is -1.99. The molecule has 1 fully saturated rings. The van der Waals surface area contributed by atoms with Gasteiger partial charge in [0.15, 0.2) is 0 Å². The van der Waals surface area contributed by atoms with Gasteiger partial charge >= 0.3 is 5.97 Å². The quantitative estimate of drug-likeness (QED) is 0.759. The molecule has 2 rings (SSSR count). The Morgan fingerprint density at radius 1 is 1.44 bits per heavy atom. The Bertz CT molecular complexity index is 419.